The van der Waals surface area contributed by atoms with Gasteiger partial charge in [-0.3, -0.25) is 10.1 Å². The van der Waals surface area contributed by atoms with Gasteiger partial charge in [0.15, 0.2) is 0 Å². The van der Waals surface area contributed by atoms with Gasteiger partial charge in [0.2, 0.25) is 5.88 Å². The number of non-ortho nitro benzene ring substituents is 1. The molecule has 0 bridgehead atoms. The first-order chi connectivity index (χ1) is 10.7. The Hall–Kier alpha value is -2.24. The molecule has 1 aromatic carbocycles. The quantitative estimate of drug-likeness (QED) is 0.392. The molecular weight excluding hydrogens is 282 g/mol. The Balaban J connectivity index is 1.85. The van der Waals surface area contributed by atoms with E-state index >= 15 is 0 Å². The SMILES string of the molecule is CCCCCCCCOc1cnc2cc([N+](=O)[O-])ccc2n1. The Bertz CT molecular complexity index is 631. The zero-order chi connectivity index (χ0) is 15.8. The molecule has 2 aromatic rings. The number of nitro benzene ring substituents is 1. The monoisotopic (exact) mass is 303 g/mol. The van der Waals surface area contributed by atoms with Crippen LogP contribution >= 0.6 is 0 Å². The molecule has 6 nitrogen and oxygen atoms in total. The van der Waals surface area contributed by atoms with Crippen molar-refractivity contribution >= 4 is 16.7 Å². The number of hydrogen-bond acceptors (Lipinski definition) is 5. The van der Waals surface area contributed by atoms with Crippen molar-refractivity contribution in [2.75, 3.05) is 6.61 Å². The van der Waals surface area contributed by atoms with Crippen LogP contribution in [0.1, 0.15) is 45.4 Å². The number of unbranched alkanes of at least 4 members (excludes halogenated alkanes) is 5. The van der Waals surface area contributed by atoms with Crippen LogP contribution in [0, 0.1) is 10.1 Å². The van der Waals surface area contributed by atoms with Crippen molar-refractivity contribution < 1.29 is 9.66 Å². The number of aromatic nitrogens is 2. The van der Waals surface area contributed by atoms with Crippen molar-refractivity contribution in [1.29, 1.82) is 0 Å². The van der Waals surface area contributed by atoms with Gasteiger partial charge in [0.05, 0.1) is 28.8 Å². The summed E-state index contributed by atoms with van der Waals surface area (Å²) in [5, 5.41) is 10.7. The highest BCUT2D eigenvalue weighted by molar-refractivity contribution is 5.77. The molecule has 0 spiro atoms. The Morgan fingerprint density at radius 2 is 1.91 bits per heavy atom. The lowest BCUT2D eigenvalue weighted by Gasteiger charge is -2.05. The Morgan fingerprint density at radius 1 is 1.14 bits per heavy atom. The maximum Gasteiger partial charge on any atom is 0.271 e. The van der Waals surface area contributed by atoms with Gasteiger partial charge in [-0.1, -0.05) is 39.0 Å². The van der Waals surface area contributed by atoms with E-state index < -0.39 is 4.92 Å². The van der Waals surface area contributed by atoms with E-state index in [1.807, 2.05) is 0 Å². The molecule has 0 amide bonds. The lowest BCUT2D eigenvalue weighted by molar-refractivity contribution is -0.384. The van der Waals surface area contributed by atoms with Crippen molar-refractivity contribution in [3.8, 4) is 5.88 Å². The number of fused-ring (bicyclic) bond motifs is 1. The van der Waals surface area contributed by atoms with Crippen LogP contribution in [0.15, 0.2) is 24.4 Å². The van der Waals surface area contributed by atoms with Gasteiger partial charge in [0.25, 0.3) is 5.69 Å². The maximum atomic E-state index is 10.7. The van der Waals surface area contributed by atoms with Crippen molar-refractivity contribution in [1.82, 2.24) is 9.97 Å². The fourth-order valence-electron chi connectivity index (χ4n) is 2.22. The minimum atomic E-state index is -0.440. The average Bonchev–Trinajstić information content (AvgIpc) is 2.53. The number of nitrogens with zero attached hydrogens (tertiary/aromatic N) is 3. The minimum Gasteiger partial charge on any atom is -0.477 e. The van der Waals surface area contributed by atoms with Gasteiger partial charge in [-0.25, -0.2) is 9.97 Å². The van der Waals surface area contributed by atoms with Crippen molar-refractivity contribution in [2.24, 2.45) is 0 Å². The number of hydrogen-bond donors (Lipinski definition) is 0. The van der Waals surface area contributed by atoms with Crippen LogP contribution < -0.4 is 4.74 Å². The van der Waals surface area contributed by atoms with Crippen molar-refractivity contribution in [3.05, 3.63) is 34.5 Å². The molecule has 0 aliphatic carbocycles. The van der Waals surface area contributed by atoms with Gasteiger partial charge < -0.3 is 4.74 Å². The van der Waals surface area contributed by atoms with Crippen LogP contribution in [0.3, 0.4) is 0 Å². The molecule has 2 rings (SSSR count). The third-order valence-corrected chi connectivity index (χ3v) is 3.46. The highest BCUT2D eigenvalue weighted by Gasteiger charge is 2.08. The zero-order valence-corrected chi connectivity index (χ0v) is 12.8. The predicted octanol–water partition coefficient (Wildman–Crippen LogP) is 4.28. The maximum absolute atomic E-state index is 10.7. The van der Waals surface area contributed by atoms with Crippen LogP contribution in [0.25, 0.3) is 11.0 Å². The molecule has 0 N–H and O–H groups in total. The fraction of sp³-hybridized carbons (Fsp3) is 0.500. The number of nitro groups is 1. The lowest BCUT2D eigenvalue weighted by Crippen LogP contribution is -2.00. The molecule has 0 radical (unpaired) electrons. The highest BCUT2D eigenvalue weighted by Crippen LogP contribution is 2.19. The molecule has 0 saturated heterocycles. The van der Waals surface area contributed by atoms with E-state index in [9.17, 15) is 10.1 Å². The van der Waals surface area contributed by atoms with Gasteiger partial charge in [0.1, 0.15) is 0 Å². The molecule has 6 heteroatoms. The van der Waals surface area contributed by atoms with Crippen LogP contribution in [0.4, 0.5) is 5.69 Å². The Labute approximate surface area is 129 Å². The average molecular weight is 303 g/mol. The van der Waals surface area contributed by atoms with E-state index in [4.69, 9.17) is 4.74 Å². The predicted molar refractivity (Wildman–Crippen MR) is 85.1 cm³/mol. The molecule has 0 unspecified atom stereocenters. The van der Waals surface area contributed by atoms with Gasteiger partial charge in [-0.2, -0.15) is 0 Å². The fourth-order valence-corrected chi connectivity index (χ4v) is 2.22. The van der Waals surface area contributed by atoms with Gasteiger partial charge in [-0.15, -0.1) is 0 Å². The summed E-state index contributed by atoms with van der Waals surface area (Å²) in [5.41, 5.74) is 1.12. The molecule has 118 valence electrons. The van der Waals surface area contributed by atoms with Crippen LogP contribution in [-0.4, -0.2) is 21.5 Å². The molecule has 0 saturated carbocycles. The van der Waals surface area contributed by atoms with Crippen molar-refractivity contribution in [3.63, 3.8) is 0 Å². The Morgan fingerprint density at radius 3 is 2.68 bits per heavy atom. The summed E-state index contributed by atoms with van der Waals surface area (Å²) in [7, 11) is 0. The first-order valence-corrected chi connectivity index (χ1v) is 7.74. The minimum absolute atomic E-state index is 0.0162. The second kappa shape index (κ2) is 8.26. The summed E-state index contributed by atoms with van der Waals surface area (Å²) in [4.78, 5) is 18.8. The summed E-state index contributed by atoms with van der Waals surface area (Å²) in [6.07, 6.45) is 8.75. The second-order valence-corrected chi connectivity index (χ2v) is 5.25. The third-order valence-electron chi connectivity index (χ3n) is 3.46. The summed E-state index contributed by atoms with van der Waals surface area (Å²) in [6, 6.07) is 4.44. The normalized spacial score (nSPS) is 10.8. The molecule has 0 fully saturated rings. The highest BCUT2D eigenvalue weighted by atomic mass is 16.6. The van der Waals surface area contributed by atoms with Gasteiger partial charge >= 0.3 is 0 Å². The van der Waals surface area contributed by atoms with E-state index in [1.165, 1.54) is 44.0 Å². The van der Waals surface area contributed by atoms with Crippen LogP contribution in [0.5, 0.6) is 5.88 Å². The smallest absolute Gasteiger partial charge is 0.271 e. The molecule has 0 atom stereocenters. The van der Waals surface area contributed by atoms with Crippen LogP contribution in [-0.2, 0) is 0 Å². The molecular formula is C16H21N3O3. The van der Waals surface area contributed by atoms with E-state index in [0.717, 1.165) is 12.8 Å². The van der Waals surface area contributed by atoms with Gasteiger partial charge in [0, 0.05) is 12.1 Å². The second-order valence-electron chi connectivity index (χ2n) is 5.25. The molecule has 1 aromatic heterocycles. The summed E-state index contributed by atoms with van der Waals surface area (Å²) >= 11 is 0. The number of ether oxygens (including phenoxy) is 1. The van der Waals surface area contributed by atoms with E-state index in [2.05, 4.69) is 16.9 Å². The summed E-state index contributed by atoms with van der Waals surface area (Å²) in [6.45, 7) is 2.83. The third kappa shape index (κ3) is 4.65. The summed E-state index contributed by atoms with van der Waals surface area (Å²) in [5.74, 6) is 0.468. The molecule has 1 heterocycles. The van der Waals surface area contributed by atoms with E-state index in [-0.39, 0.29) is 5.69 Å². The first kappa shape index (κ1) is 16.1. The largest absolute Gasteiger partial charge is 0.477 e. The molecule has 0 aliphatic heterocycles. The van der Waals surface area contributed by atoms with E-state index in [1.54, 1.807) is 6.07 Å². The van der Waals surface area contributed by atoms with Crippen molar-refractivity contribution in [2.45, 2.75) is 45.4 Å². The Kier molecular flexibility index (Phi) is 6.06. The first-order valence-electron chi connectivity index (χ1n) is 7.74. The number of benzene rings is 1. The van der Waals surface area contributed by atoms with Crippen LogP contribution in [0.2, 0.25) is 0 Å². The molecule has 0 aliphatic rings. The topological polar surface area (TPSA) is 78.2 Å². The number of rotatable bonds is 9. The van der Waals surface area contributed by atoms with E-state index in [0.29, 0.717) is 23.5 Å². The lowest BCUT2D eigenvalue weighted by atomic mass is 10.1. The van der Waals surface area contributed by atoms with Gasteiger partial charge in [-0.05, 0) is 12.5 Å². The molecule has 22 heavy (non-hydrogen) atoms. The standard InChI is InChI=1S/C16H21N3O3/c1-2-3-4-5-6-7-10-22-16-12-17-15-11-13(19(20)21)8-9-14(15)18-16/h8-9,11-12H,2-7,10H2,1H3. The summed E-state index contributed by atoms with van der Waals surface area (Å²) < 4.78 is 5.59. The zero-order valence-electron chi connectivity index (χ0n) is 12.8.